The molecular weight excluding hydrogens is 346 g/mol. The second-order valence-corrected chi connectivity index (χ2v) is 6.73. The van der Waals surface area contributed by atoms with Crippen LogP contribution in [0.5, 0.6) is 5.75 Å². The Hall–Kier alpha value is -2.50. The van der Waals surface area contributed by atoms with Gasteiger partial charge in [0.25, 0.3) is 21.6 Å². The van der Waals surface area contributed by atoms with Gasteiger partial charge in [0, 0.05) is 0 Å². The van der Waals surface area contributed by atoms with Gasteiger partial charge in [-0.05, 0) is 23.6 Å². The van der Waals surface area contributed by atoms with Crippen LogP contribution < -0.4 is 15.0 Å². The minimum absolute atomic E-state index is 0.137. The molecular formula is C12H11N3O6S2. The Morgan fingerprint density at radius 3 is 2.65 bits per heavy atom. The summed E-state index contributed by atoms with van der Waals surface area (Å²) in [7, 11) is -3.02. The molecule has 122 valence electrons. The van der Waals surface area contributed by atoms with Crippen molar-refractivity contribution in [1.29, 1.82) is 0 Å². The Balaban J connectivity index is 2.25. The first kappa shape index (κ1) is 16.9. The van der Waals surface area contributed by atoms with Crippen molar-refractivity contribution in [3.8, 4) is 5.75 Å². The highest BCUT2D eigenvalue weighted by Gasteiger charge is 2.27. The predicted octanol–water partition coefficient (Wildman–Crippen LogP) is 1.29. The lowest BCUT2D eigenvalue weighted by atomic mass is 10.3. The molecule has 1 amide bonds. The summed E-state index contributed by atoms with van der Waals surface area (Å²) in [4.78, 5) is 23.4. The molecule has 0 fully saturated rings. The van der Waals surface area contributed by atoms with E-state index in [0.717, 1.165) is 23.5 Å². The fourth-order valence-electron chi connectivity index (χ4n) is 1.63. The molecule has 0 radical (unpaired) electrons. The van der Waals surface area contributed by atoms with E-state index in [0.29, 0.717) is 0 Å². The summed E-state index contributed by atoms with van der Waals surface area (Å²) in [5.41, 5.74) is 1.33. The van der Waals surface area contributed by atoms with Crippen molar-refractivity contribution in [1.82, 2.24) is 10.3 Å². The van der Waals surface area contributed by atoms with Crippen LogP contribution in [0.2, 0.25) is 0 Å². The van der Waals surface area contributed by atoms with Crippen molar-refractivity contribution >= 4 is 33.0 Å². The van der Waals surface area contributed by atoms with Gasteiger partial charge in [0.05, 0.1) is 23.0 Å². The smallest absolute Gasteiger partial charge is 0.293 e. The zero-order valence-corrected chi connectivity index (χ0v) is 13.3. The highest BCUT2D eigenvalue weighted by Crippen LogP contribution is 2.27. The van der Waals surface area contributed by atoms with Crippen LogP contribution in [0.1, 0.15) is 9.67 Å². The van der Waals surface area contributed by atoms with E-state index in [-0.39, 0.29) is 10.6 Å². The minimum Gasteiger partial charge on any atom is -0.497 e. The molecule has 0 saturated carbocycles. The molecule has 0 spiro atoms. The number of nitrogens with one attached hydrogen (secondary N) is 2. The van der Waals surface area contributed by atoms with E-state index in [1.807, 2.05) is 10.3 Å². The average Bonchev–Trinajstić information content (AvgIpc) is 3.06. The maximum absolute atomic E-state index is 12.2. The predicted molar refractivity (Wildman–Crippen MR) is 81.8 cm³/mol. The van der Waals surface area contributed by atoms with Crippen LogP contribution in [0.4, 0.5) is 5.69 Å². The number of thiophene rings is 1. The van der Waals surface area contributed by atoms with Crippen LogP contribution in [-0.2, 0) is 10.0 Å². The lowest BCUT2D eigenvalue weighted by Gasteiger charge is -2.09. The fraction of sp³-hybridized carbons (Fsp3) is 0.0833. The van der Waals surface area contributed by atoms with Gasteiger partial charge >= 0.3 is 0 Å². The van der Waals surface area contributed by atoms with Gasteiger partial charge < -0.3 is 4.74 Å². The molecule has 0 aliphatic rings. The summed E-state index contributed by atoms with van der Waals surface area (Å²) in [6.07, 6.45) is 0. The Kier molecular flexibility index (Phi) is 4.93. The third kappa shape index (κ3) is 3.83. The van der Waals surface area contributed by atoms with Gasteiger partial charge in [-0.25, -0.2) is 8.42 Å². The number of nitrogens with zero attached hydrogens (tertiary/aromatic N) is 1. The number of nitro groups is 1. The Labute approximate surface area is 135 Å². The van der Waals surface area contributed by atoms with Crippen LogP contribution in [0.15, 0.2) is 40.6 Å². The number of carbonyl (C=O) groups excluding carboxylic acids is 1. The molecule has 2 N–H and O–H groups in total. The summed E-state index contributed by atoms with van der Waals surface area (Å²) < 4.78 is 29.2. The van der Waals surface area contributed by atoms with Crippen LogP contribution in [0.25, 0.3) is 0 Å². The number of hydrogen-bond acceptors (Lipinski definition) is 7. The minimum atomic E-state index is -4.32. The van der Waals surface area contributed by atoms with Gasteiger partial charge in [0.15, 0.2) is 4.90 Å². The van der Waals surface area contributed by atoms with Crippen molar-refractivity contribution in [3.05, 3.63) is 50.7 Å². The van der Waals surface area contributed by atoms with Crippen LogP contribution in [0.3, 0.4) is 0 Å². The first-order valence-corrected chi connectivity index (χ1v) is 8.39. The van der Waals surface area contributed by atoms with Gasteiger partial charge in [-0.15, -0.1) is 16.2 Å². The second kappa shape index (κ2) is 6.73. The molecule has 0 saturated heterocycles. The summed E-state index contributed by atoms with van der Waals surface area (Å²) in [6.45, 7) is 0. The zero-order valence-electron chi connectivity index (χ0n) is 11.7. The first-order valence-electron chi connectivity index (χ1n) is 6.03. The lowest BCUT2D eigenvalue weighted by molar-refractivity contribution is -0.387. The lowest BCUT2D eigenvalue weighted by Crippen LogP contribution is -2.41. The summed E-state index contributed by atoms with van der Waals surface area (Å²) in [5, 5.41) is 12.7. The molecule has 0 aliphatic carbocycles. The molecule has 11 heteroatoms. The van der Waals surface area contributed by atoms with Crippen LogP contribution in [-0.4, -0.2) is 26.4 Å². The van der Waals surface area contributed by atoms with E-state index in [9.17, 15) is 23.3 Å². The van der Waals surface area contributed by atoms with Gasteiger partial charge in [-0.1, -0.05) is 6.07 Å². The van der Waals surface area contributed by atoms with Crippen molar-refractivity contribution < 1.29 is 22.9 Å². The van der Waals surface area contributed by atoms with Crippen molar-refractivity contribution in [3.63, 3.8) is 0 Å². The Morgan fingerprint density at radius 2 is 2.09 bits per heavy atom. The number of sulfonamides is 1. The molecule has 0 bridgehead atoms. The molecule has 0 atom stereocenters. The molecule has 1 aromatic carbocycles. The number of ether oxygens (including phenoxy) is 1. The molecule has 0 unspecified atom stereocenters. The number of nitro benzene ring substituents is 1. The zero-order chi connectivity index (χ0) is 17.0. The maximum Gasteiger partial charge on any atom is 0.293 e. The molecule has 1 heterocycles. The summed E-state index contributed by atoms with van der Waals surface area (Å²) >= 11 is 1.12. The van der Waals surface area contributed by atoms with E-state index in [1.54, 1.807) is 11.4 Å². The number of carbonyl (C=O) groups is 1. The second-order valence-electron chi connectivity index (χ2n) is 4.13. The number of benzene rings is 1. The van der Waals surface area contributed by atoms with Crippen LogP contribution in [0, 0.1) is 10.1 Å². The normalized spacial score (nSPS) is 11.0. The van der Waals surface area contributed by atoms with Gasteiger partial charge in [0.2, 0.25) is 0 Å². The molecule has 1 aromatic heterocycles. The van der Waals surface area contributed by atoms with Crippen molar-refractivity contribution in [2.24, 2.45) is 0 Å². The SMILES string of the molecule is COc1ccc(S(=O)(=O)NNC(=O)c2cccs2)c([N+](=O)[O-])c1. The Bertz CT molecular complexity index is 832. The van der Waals surface area contributed by atoms with E-state index in [1.165, 1.54) is 19.2 Å². The summed E-state index contributed by atoms with van der Waals surface area (Å²) in [6, 6.07) is 6.40. The highest BCUT2D eigenvalue weighted by atomic mass is 32.2. The molecule has 2 aromatic rings. The standard InChI is InChI=1S/C12H11N3O6S2/c1-21-8-4-5-11(9(7-8)15(17)18)23(19,20)14-13-12(16)10-3-2-6-22-10/h2-7,14H,1H3,(H,13,16). The molecule has 23 heavy (non-hydrogen) atoms. The highest BCUT2D eigenvalue weighted by molar-refractivity contribution is 7.89. The molecule has 0 aliphatic heterocycles. The number of methoxy groups -OCH3 is 1. The number of hydrazine groups is 1. The summed E-state index contributed by atoms with van der Waals surface area (Å²) in [5.74, 6) is -0.530. The van der Waals surface area contributed by atoms with E-state index in [4.69, 9.17) is 4.74 Å². The van der Waals surface area contributed by atoms with Gasteiger partial charge in [0.1, 0.15) is 5.75 Å². The third-order valence-corrected chi connectivity index (χ3v) is 4.86. The van der Waals surface area contributed by atoms with Gasteiger partial charge in [-0.2, -0.15) is 0 Å². The molecule has 2 rings (SSSR count). The average molecular weight is 357 g/mol. The quantitative estimate of drug-likeness (QED) is 0.592. The third-order valence-electron chi connectivity index (χ3n) is 2.70. The maximum atomic E-state index is 12.2. The van der Waals surface area contributed by atoms with E-state index in [2.05, 4.69) is 0 Å². The monoisotopic (exact) mass is 357 g/mol. The van der Waals surface area contributed by atoms with Crippen LogP contribution >= 0.6 is 11.3 Å². The van der Waals surface area contributed by atoms with Crippen molar-refractivity contribution in [2.75, 3.05) is 7.11 Å². The van der Waals surface area contributed by atoms with Crippen molar-refractivity contribution in [2.45, 2.75) is 4.90 Å². The topological polar surface area (TPSA) is 128 Å². The Morgan fingerprint density at radius 1 is 1.35 bits per heavy atom. The number of hydrogen-bond donors (Lipinski definition) is 2. The molecule has 9 nitrogen and oxygen atoms in total. The van der Waals surface area contributed by atoms with Gasteiger partial charge in [-0.3, -0.25) is 20.3 Å². The first-order chi connectivity index (χ1) is 10.8. The number of amides is 1. The van der Waals surface area contributed by atoms with E-state index < -0.39 is 31.4 Å². The number of rotatable bonds is 6. The largest absolute Gasteiger partial charge is 0.497 e. The fourth-order valence-corrected chi connectivity index (χ4v) is 3.24. The van der Waals surface area contributed by atoms with E-state index >= 15 is 0 Å².